The van der Waals surface area contributed by atoms with Crippen molar-refractivity contribution < 1.29 is 19.5 Å². The monoisotopic (exact) mass is 284 g/mol. The first-order chi connectivity index (χ1) is 9.51. The second kappa shape index (κ2) is 7.87. The molecule has 0 bridgehead atoms. The van der Waals surface area contributed by atoms with E-state index in [1.54, 1.807) is 4.90 Å². The summed E-state index contributed by atoms with van der Waals surface area (Å²) in [4.78, 5) is 36.7. The van der Waals surface area contributed by atoms with E-state index in [9.17, 15) is 14.4 Å². The quantitative estimate of drug-likeness (QED) is 0.757. The maximum atomic E-state index is 12.1. The first-order valence-electron chi connectivity index (χ1n) is 7.29. The molecule has 6 heteroatoms. The first-order valence-corrected chi connectivity index (χ1v) is 7.29. The zero-order valence-electron chi connectivity index (χ0n) is 12.2. The van der Waals surface area contributed by atoms with Gasteiger partial charge in [-0.05, 0) is 26.7 Å². The molecule has 2 unspecified atom stereocenters. The van der Waals surface area contributed by atoms with E-state index in [1.807, 2.05) is 13.8 Å². The van der Waals surface area contributed by atoms with Gasteiger partial charge in [0.2, 0.25) is 11.8 Å². The van der Waals surface area contributed by atoms with Gasteiger partial charge in [-0.2, -0.15) is 0 Å². The van der Waals surface area contributed by atoms with Gasteiger partial charge in [-0.15, -0.1) is 0 Å². The maximum Gasteiger partial charge on any atom is 0.307 e. The van der Waals surface area contributed by atoms with Crippen molar-refractivity contribution in [1.82, 2.24) is 10.2 Å². The minimum atomic E-state index is -0.917. The minimum Gasteiger partial charge on any atom is -0.481 e. The maximum absolute atomic E-state index is 12.1. The Morgan fingerprint density at radius 3 is 2.15 bits per heavy atom. The highest BCUT2D eigenvalue weighted by molar-refractivity contribution is 5.88. The van der Waals surface area contributed by atoms with Crippen LogP contribution in [0.1, 0.15) is 39.5 Å². The lowest BCUT2D eigenvalue weighted by molar-refractivity contribution is -0.149. The second-order valence-electron chi connectivity index (χ2n) is 5.12. The fourth-order valence-electron chi connectivity index (χ4n) is 2.72. The van der Waals surface area contributed by atoms with Gasteiger partial charge in [0, 0.05) is 13.1 Å². The standard InChI is InChI=1S/C14H24N2O4/c1-3-16(4-2)12(17)9-15-13(18)10-7-5-6-8-11(10)14(19)20/h10-11H,3-9H2,1-2H3,(H,15,18)(H,19,20). The van der Waals surface area contributed by atoms with Gasteiger partial charge in [-0.25, -0.2) is 0 Å². The van der Waals surface area contributed by atoms with Crippen LogP contribution >= 0.6 is 0 Å². The van der Waals surface area contributed by atoms with Gasteiger partial charge in [0.15, 0.2) is 0 Å². The Hall–Kier alpha value is -1.59. The number of nitrogens with one attached hydrogen (secondary N) is 1. The molecule has 1 aliphatic carbocycles. The van der Waals surface area contributed by atoms with Crippen molar-refractivity contribution in [1.29, 1.82) is 0 Å². The van der Waals surface area contributed by atoms with Crippen LogP contribution in [0.3, 0.4) is 0 Å². The van der Waals surface area contributed by atoms with Gasteiger partial charge in [-0.3, -0.25) is 14.4 Å². The van der Waals surface area contributed by atoms with E-state index in [1.165, 1.54) is 0 Å². The molecule has 1 aliphatic rings. The van der Waals surface area contributed by atoms with Crippen LogP contribution in [0.5, 0.6) is 0 Å². The number of carbonyl (C=O) groups excluding carboxylic acids is 2. The van der Waals surface area contributed by atoms with Crippen molar-refractivity contribution in [2.24, 2.45) is 11.8 Å². The van der Waals surface area contributed by atoms with Gasteiger partial charge in [0.1, 0.15) is 0 Å². The van der Waals surface area contributed by atoms with E-state index >= 15 is 0 Å². The highest BCUT2D eigenvalue weighted by atomic mass is 16.4. The lowest BCUT2D eigenvalue weighted by atomic mass is 9.79. The Balaban J connectivity index is 2.52. The largest absolute Gasteiger partial charge is 0.481 e. The summed E-state index contributed by atoms with van der Waals surface area (Å²) < 4.78 is 0. The smallest absolute Gasteiger partial charge is 0.307 e. The van der Waals surface area contributed by atoms with Gasteiger partial charge in [0.25, 0.3) is 0 Å². The fourth-order valence-corrected chi connectivity index (χ4v) is 2.72. The van der Waals surface area contributed by atoms with E-state index in [4.69, 9.17) is 5.11 Å². The molecule has 114 valence electrons. The van der Waals surface area contributed by atoms with Crippen LogP contribution in [0.15, 0.2) is 0 Å². The molecule has 2 N–H and O–H groups in total. The number of hydrogen-bond donors (Lipinski definition) is 2. The van der Waals surface area contributed by atoms with E-state index in [0.29, 0.717) is 25.9 Å². The highest BCUT2D eigenvalue weighted by Crippen LogP contribution is 2.30. The molecule has 20 heavy (non-hydrogen) atoms. The van der Waals surface area contributed by atoms with Crippen LogP contribution < -0.4 is 5.32 Å². The van der Waals surface area contributed by atoms with Crippen LogP contribution in [-0.4, -0.2) is 47.4 Å². The van der Waals surface area contributed by atoms with E-state index < -0.39 is 17.8 Å². The van der Waals surface area contributed by atoms with Crippen molar-refractivity contribution in [2.75, 3.05) is 19.6 Å². The summed E-state index contributed by atoms with van der Waals surface area (Å²) in [6, 6.07) is 0. The number of likely N-dealkylation sites (N-methyl/N-ethyl adjacent to an activating group) is 1. The molecule has 0 saturated heterocycles. The van der Waals surface area contributed by atoms with Gasteiger partial charge >= 0.3 is 5.97 Å². The molecule has 0 radical (unpaired) electrons. The molecule has 0 aromatic heterocycles. The third kappa shape index (κ3) is 4.21. The Morgan fingerprint density at radius 2 is 1.65 bits per heavy atom. The minimum absolute atomic E-state index is 0.0522. The Kier molecular flexibility index (Phi) is 6.48. The molecule has 1 rings (SSSR count). The second-order valence-corrected chi connectivity index (χ2v) is 5.12. The van der Waals surface area contributed by atoms with Gasteiger partial charge < -0.3 is 15.3 Å². The topological polar surface area (TPSA) is 86.7 Å². The fraction of sp³-hybridized carbons (Fsp3) is 0.786. The van der Waals surface area contributed by atoms with Crippen LogP contribution in [0.2, 0.25) is 0 Å². The molecule has 0 aliphatic heterocycles. The zero-order chi connectivity index (χ0) is 15.1. The SMILES string of the molecule is CCN(CC)C(=O)CNC(=O)C1CCCCC1C(=O)O. The van der Waals surface area contributed by atoms with E-state index in [-0.39, 0.29) is 18.4 Å². The number of rotatable bonds is 6. The highest BCUT2D eigenvalue weighted by Gasteiger charge is 2.35. The first kappa shape index (κ1) is 16.5. The summed E-state index contributed by atoms with van der Waals surface area (Å²) in [5, 5.41) is 11.7. The van der Waals surface area contributed by atoms with Crippen LogP contribution in [0.4, 0.5) is 0 Å². The Bertz CT molecular complexity index is 366. The van der Waals surface area contributed by atoms with Crippen molar-refractivity contribution in [3.05, 3.63) is 0 Å². The third-order valence-corrected chi connectivity index (χ3v) is 3.95. The number of carboxylic acid groups (broad SMARTS) is 1. The molecule has 1 fully saturated rings. The van der Waals surface area contributed by atoms with Crippen LogP contribution in [0.25, 0.3) is 0 Å². The summed E-state index contributed by atoms with van der Waals surface area (Å²) in [5.41, 5.74) is 0. The molecular formula is C14H24N2O4. The summed E-state index contributed by atoms with van der Waals surface area (Å²) >= 11 is 0. The summed E-state index contributed by atoms with van der Waals surface area (Å²) in [6.07, 6.45) is 2.84. The lowest BCUT2D eigenvalue weighted by Crippen LogP contribution is -2.44. The molecule has 6 nitrogen and oxygen atoms in total. The number of carboxylic acids is 1. The number of nitrogens with zero attached hydrogens (tertiary/aromatic N) is 1. The molecule has 2 amide bonds. The summed E-state index contributed by atoms with van der Waals surface area (Å²) in [5.74, 6) is -2.48. The van der Waals surface area contributed by atoms with Crippen LogP contribution in [0, 0.1) is 11.8 Å². The third-order valence-electron chi connectivity index (χ3n) is 3.95. The van der Waals surface area contributed by atoms with Crippen molar-refractivity contribution in [3.8, 4) is 0 Å². The zero-order valence-corrected chi connectivity index (χ0v) is 12.2. The summed E-state index contributed by atoms with van der Waals surface area (Å²) in [7, 11) is 0. The van der Waals surface area contributed by atoms with E-state index in [2.05, 4.69) is 5.32 Å². The number of aliphatic carboxylic acids is 1. The molecule has 1 saturated carbocycles. The van der Waals surface area contributed by atoms with Crippen LogP contribution in [-0.2, 0) is 14.4 Å². The number of carbonyl (C=O) groups is 3. The Labute approximate surface area is 119 Å². The van der Waals surface area contributed by atoms with Gasteiger partial charge in [0.05, 0.1) is 18.4 Å². The normalized spacial score (nSPS) is 22.1. The molecule has 0 aromatic rings. The molecule has 0 aromatic carbocycles. The average molecular weight is 284 g/mol. The van der Waals surface area contributed by atoms with Gasteiger partial charge in [-0.1, -0.05) is 12.8 Å². The average Bonchev–Trinajstić information content (AvgIpc) is 2.46. The predicted octanol–water partition coefficient (Wildman–Crippen LogP) is 0.862. The molecule has 2 atom stereocenters. The molecule has 0 spiro atoms. The van der Waals surface area contributed by atoms with E-state index in [0.717, 1.165) is 12.8 Å². The predicted molar refractivity (Wildman–Crippen MR) is 74.0 cm³/mol. The van der Waals surface area contributed by atoms with Crippen molar-refractivity contribution in [3.63, 3.8) is 0 Å². The number of hydrogen-bond acceptors (Lipinski definition) is 3. The Morgan fingerprint density at radius 1 is 1.10 bits per heavy atom. The lowest BCUT2D eigenvalue weighted by Gasteiger charge is -2.27. The van der Waals surface area contributed by atoms with Crippen molar-refractivity contribution in [2.45, 2.75) is 39.5 Å². The summed E-state index contributed by atoms with van der Waals surface area (Å²) in [6.45, 7) is 4.91. The number of amides is 2. The molecule has 0 heterocycles. The molecular weight excluding hydrogens is 260 g/mol. The van der Waals surface area contributed by atoms with Crippen molar-refractivity contribution >= 4 is 17.8 Å².